The van der Waals surface area contributed by atoms with Crippen LogP contribution in [0.5, 0.6) is 0 Å². The van der Waals surface area contributed by atoms with E-state index < -0.39 is 0 Å². The van der Waals surface area contributed by atoms with Crippen molar-refractivity contribution in [3.05, 3.63) is 35.6 Å². The van der Waals surface area contributed by atoms with Crippen molar-refractivity contribution in [1.29, 1.82) is 0 Å². The second-order valence-corrected chi connectivity index (χ2v) is 8.75. The van der Waals surface area contributed by atoms with Crippen LogP contribution in [0.25, 0.3) is 5.13 Å². The van der Waals surface area contributed by atoms with Crippen LogP contribution < -0.4 is 5.32 Å². The highest BCUT2D eigenvalue weighted by atomic mass is 32.1. The summed E-state index contributed by atoms with van der Waals surface area (Å²) >= 11 is 1.67. The summed E-state index contributed by atoms with van der Waals surface area (Å²) in [6.45, 7) is 4.68. The molecule has 0 saturated carbocycles. The van der Waals surface area contributed by atoms with E-state index in [0.29, 0.717) is 18.9 Å². The smallest absolute Gasteiger partial charge is 0.220 e. The molecule has 2 aromatic rings. The summed E-state index contributed by atoms with van der Waals surface area (Å²) in [6.07, 6.45) is 10.4. The number of ether oxygens (including phenoxy) is 1. The molecule has 4 heterocycles. The standard InChI is InChI=1S/C21H30N4O2S/c26-20(23-15-19-4-2-13-27-19)6-5-17-7-11-24(12-8-17)16-18-3-1-10-25(18)21-22-9-14-28-21/h1,3,9-10,14,17,19H,2,4-8,11-13,15-16H2,(H,23,26). The molecule has 2 saturated heterocycles. The summed E-state index contributed by atoms with van der Waals surface area (Å²) in [4.78, 5) is 19.0. The van der Waals surface area contributed by atoms with Gasteiger partial charge in [0, 0.05) is 49.6 Å². The molecule has 152 valence electrons. The van der Waals surface area contributed by atoms with E-state index in [0.717, 1.165) is 50.6 Å². The highest BCUT2D eigenvalue weighted by molar-refractivity contribution is 7.12. The van der Waals surface area contributed by atoms with Gasteiger partial charge in [-0.1, -0.05) is 0 Å². The molecule has 1 unspecified atom stereocenters. The van der Waals surface area contributed by atoms with Gasteiger partial charge in [-0.3, -0.25) is 14.3 Å². The SMILES string of the molecule is O=C(CCC1CCN(Cc2cccn2-c2nccs2)CC1)NCC1CCCO1. The van der Waals surface area contributed by atoms with E-state index >= 15 is 0 Å². The zero-order chi connectivity index (χ0) is 19.2. The van der Waals surface area contributed by atoms with Gasteiger partial charge < -0.3 is 10.1 Å². The number of thiazole rings is 1. The van der Waals surface area contributed by atoms with Crippen molar-refractivity contribution in [1.82, 2.24) is 19.8 Å². The number of amides is 1. The van der Waals surface area contributed by atoms with E-state index in [1.165, 1.54) is 18.5 Å². The van der Waals surface area contributed by atoms with Crippen molar-refractivity contribution in [2.24, 2.45) is 5.92 Å². The summed E-state index contributed by atoms with van der Waals surface area (Å²) in [7, 11) is 0. The largest absolute Gasteiger partial charge is 0.376 e. The van der Waals surface area contributed by atoms with Crippen molar-refractivity contribution in [2.45, 2.75) is 51.2 Å². The molecule has 0 spiro atoms. The molecular formula is C21H30N4O2S. The molecule has 1 amide bonds. The molecule has 1 N–H and O–H groups in total. The number of hydrogen-bond donors (Lipinski definition) is 1. The molecule has 4 rings (SSSR count). The van der Waals surface area contributed by atoms with E-state index in [-0.39, 0.29) is 12.0 Å². The monoisotopic (exact) mass is 402 g/mol. The lowest BCUT2D eigenvalue weighted by Crippen LogP contribution is -2.35. The van der Waals surface area contributed by atoms with Gasteiger partial charge in [-0.05, 0) is 63.2 Å². The van der Waals surface area contributed by atoms with E-state index in [1.54, 1.807) is 11.3 Å². The van der Waals surface area contributed by atoms with Gasteiger partial charge in [-0.25, -0.2) is 4.98 Å². The van der Waals surface area contributed by atoms with Gasteiger partial charge in [0.15, 0.2) is 5.13 Å². The molecule has 0 aliphatic carbocycles. The van der Waals surface area contributed by atoms with Crippen LogP contribution in [0.15, 0.2) is 29.9 Å². The summed E-state index contributed by atoms with van der Waals surface area (Å²) in [5.41, 5.74) is 1.29. The number of carbonyl (C=O) groups is 1. The third-order valence-electron chi connectivity index (χ3n) is 5.88. The molecule has 2 aliphatic heterocycles. The molecule has 7 heteroatoms. The average Bonchev–Trinajstić information content (AvgIpc) is 3.48. The highest BCUT2D eigenvalue weighted by Crippen LogP contribution is 2.24. The van der Waals surface area contributed by atoms with Crippen LogP contribution in [0.1, 0.15) is 44.2 Å². The molecule has 2 aliphatic rings. The minimum Gasteiger partial charge on any atom is -0.376 e. The first kappa shape index (κ1) is 19.6. The first-order valence-electron chi connectivity index (χ1n) is 10.4. The molecule has 1 atom stereocenters. The Morgan fingerprint density at radius 3 is 2.96 bits per heavy atom. The minimum atomic E-state index is 0.180. The maximum Gasteiger partial charge on any atom is 0.220 e. The van der Waals surface area contributed by atoms with Crippen LogP contribution in [0.3, 0.4) is 0 Å². The van der Waals surface area contributed by atoms with Crippen LogP contribution in [0, 0.1) is 5.92 Å². The van der Waals surface area contributed by atoms with Gasteiger partial charge in [0.1, 0.15) is 0 Å². The van der Waals surface area contributed by atoms with Gasteiger partial charge >= 0.3 is 0 Å². The summed E-state index contributed by atoms with van der Waals surface area (Å²) in [6, 6.07) is 4.28. The van der Waals surface area contributed by atoms with Crippen LogP contribution in [0.2, 0.25) is 0 Å². The van der Waals surface area contributed by atoms with Crippen molar-refractivity contribution in [2.75, 3.05) is 26.2 Å². The lowest BCUT2D eigenvalue weighted by atomic mass is 9.92. The summed E-state index contributed by atoms with van der Waals surface area (Å²) in [5.74, 6) is 0.842. The van der Waals surface area contributed by atoms with Crippen LogP contribution in [-0.4, -0.2) is 52.7 Å². The Kier molecular flexibility index (Phi) is 6.77. The van der Waals surface area contributed by atoms with Gasteiger partial charge in [-0.2, -0.15) is 0 Å². The normalized spacial score (nSPS) is 21.2. The second-order valence-electron chi connectivity index (χ2n) is 7.88. The van der Waals surface area contributed by atoms with Gasteiger partial charge in [-0.15, -0.1) is 11.3 Å². The fourth-order valence-electron chi connectivity index (χ4n) is 4.19. The lowest BCUT2D eigenvalue weighted by molar-refractivity contribution is -0.122. The van der Waals surface area contributed by atoms with E-state index in [4.69, 9.17) is 4.74 Å². The minimum absolute atomic E-state index is 0.180. The molecule has 6 nitrogen and oxygen atoms in total. The molecule has 0 aromatic carbocycles. The number of hydrogen-bond acceptors (Lipinski definition) is 5. The number of aromatic nitrogens is 2. The molecule has 0 bridgehead atoms. The predicted molar refractivity (Wildman–Crippen MR) is 111 cm³/mol. The Labute approximate surface area is 170 Å². The van der Waals surface area contributed by atoms with Gasteiger partial charge in [0.25, 0.3) is 0 Å². The quantitative estimate of drug-likeness (QED) is 0.737. The highest BCUT2D eigenvalue weighted by Gasteiger charge is 2.21. The Morgan fingerprint density at radius 1 is 1.32 bits per heavy atom. The van der Waals surface area contributed by atoms with E-state index in [1.807, 2.05) is 11.6 Å². The van der Waals surface area contributed by atoms with Crippen molar-refractivity contribution in [3.8, 4) is 5.13 Å². The molecule has 2 fully saturated rings. The fourth-order valence-corrected chi connectivity index (χ4v) is 4.84. The molecule has 0 radical (unpaired) electrons. The van der Waals surface area contributed by atoms with Crippen LogP contribution >= 0.6 is 11.3 Å². The van der Waals surface area contributed by atoms with Crippen LogP contribution in [-0.2, 0) is 16.1 Å². The predicted octanol–water partition coefficient (Wildman–Crippen LogP) is 3.22. The second kappa shape index (κ2) is 9.67. The number of rotatable bonds is 8. The Balaban J connectivity index is 1.16. The van der Waals surface area contributed by atoms with Crippen LogP contribution in [0.4, 0.5) is 0 Å². The maximum absolute atomic E-state index is 12.1. The Morgan fingerprint density at radius 2 is 2.21 bits per heavy atom. The topological polar surface area (TPSA) is 59.4 Å². The number of piperidine rings is 1. The average molecular weight is 403 g/mol. The van der Waals surface area contributed by atoms with Crippen molar-refractivity contribution in [3.63, 3.8) is 0 Å². The summed E-state index contributed by atoms with van der Waals surface area (Å²) in [5, 5.41) is 6.09. The number of nitrogens with zero attached hydrogens (tertiary/aromatic N) is 3. The zero-order valence-corrected chi connectivity index (χ0v) is 17.2. The molecule has 2 aromatic heterocycles. The number of carbonyl (C=O) groups excluding carboxylic acids is 1. The first-order valence-corrected chi connectivity index (χ1v) is 11.3. The zero-order valence-electron chi connectivity index (χ0n) is 16.4. The maximum atomic E-state index is 12.1. The third-order valence-corrected chi connectivity index (χ3v) is 6.65. The molecular weight excluding hydrogens is 372 g/mol. The lowest BCUT2D eigenvalue weighted by Gasteiger charge is -2.32. The Hall–Kier alpha value is -1.70. The summed E-state index contributed by atoms with van der Waals surface area (Å²) < 4.78 is 7.75. The number of likely N-dealkylation sites (tertiary alicyclic amines) is 1. The number of nitrogens with one attached hydrogen (secondary N) is 1. The van der Waals surface area contributed by atoms with Gasteiger partial charge in [0.05, 0.1) is 6.10 Å². The molecule has 28 heavy (non-hydrogen) atoms. The third kappa shape index (κ3) is 5.21. The van der Waals surface area contributed by atoms with Gasteiger partial charge in [0.2, 0.25) is 5.91 Å². The van der Waals surface area contributed by atoms with Crippen molar-refractivity contribution < 1.29 is 9.53 Å². The van der Waals surface area contributed by atoms with Crippen molar-refractivity contribution >= 4 is 17.2 Å². The fraction of sp³-hybridized carbons (Fsp3) is 0.619. The van der Waals surface area contributed by atoms with E-state index in [2.05, 4.69) is 38.1 Å². The Bertz CT molecular complexity index is 731. The van der Waals surface area contributed by atoms with E-state index in [9.17, 15) is 4.79 Å². The first-order chi connectivity index (χ1) is 13.8.